The molecule has 1 aliphatic rings. The number of aliphatic hydroxyl groups is 1. The molecule has 1 amide bonds. The van der Waals surface area contributed by atoms with Crippen LogP contribution in [0.15, 0.2) is 64.6 Å². The highest BCUT2D eigenvalue weighted by atomic mass is 16.3. The Morgan fingerprint density at radius 2 is 1.63 bits per heavy atom. The summed E-state index contributed by atoms with van der Waals surface area (Å²) in [5.41, 5.74) is 4.05. The molecule has 1 atom stereocenters. The van der Waals surface area contributed by atoms with Crippen LogP contribution >= 0.6 is 0 Å². The Bertz CT molecular complexity index is 1180. The summed E-state index contributed by atoms with van der Waals surface area (Å²) in [6.45, 7) is 7.60. The summed E-state index contributed by atoms with van der Waals surface area (Å²) in [5.74, 6) is -0.530. The average molecular weight is 401 g/mol. The molecule has 4 rings (SSSR count). The van der Waals surface area contributed by atoms with E-state index in [4.69, 9.17) is 4.42 Å². The number of aliphatic hydroxyl groups excluding tert-OH is 1. The van der Waals surface area contributed by atoms with Gasteiger partial charge in [0.1, 0.15) is 23.3 Å². The standard InChI is InChI=1S/C25H23NO4/c1-14-8-11-18(12-9-14)23(27)21-22(20-13-10-16(3)30-20)26(25(29)24(21)28)19-7-5-6-15(2)17(19)4/h5-13,22,27H,1-4H3/b23-21-. The SMILES string of the molecule is Cc1ccc(/C(O)=C2/C(=O)C(=O)N(c3cccc(C)c3C)C2c2ccc(C)o2)cc1. The van der Waals surface area contributed by atoms with Crippen LogP contribution in [0.5, 0.6) is 0 Å². The number of carbonyl (C=O) groups is 2. The first-order valence-corrected chi connectivity index (χ1v) is 9.80. The van der Waals surface area contributed by atoms with E-state index < -0.39 is 17.7 Å². The zero-order valence-corrected chi connectivity index (χ0v) is 17.4. The van der Waals surface area contributed by atoms with Crippen molar-refractivity contribution in [3.8, 4) is 0 Å². The fourth-order valence-electron chi connectivity index (χ4n) is 3.81. The third-order valence-corrected chi connectivity index (χ3v) is 5.64. The summed E-state index contributed by atoms with van der Waals surface area (Å²) in [5, 5.41) is 11.1. The number of ketones is 1. The summed E-state index contributed by atoms with van der Waals surface area (Å²) in [4.78, 5) is 27.7. The number of rotatable bonds is 3. The van der Waals surface area contributed by atoms with Gasteiger partial charge < -0.3 is 9.52 Å². The van der Waals surface area contributed by atoms with E-state index in [0.717, 1.165) is 16.7 Å². The first kappa shape index (κ1) is 19.7. The lowest BCUT2D eigenvalue weighted by Crippen LogP contribution is -2.30. The third kappa shape index (κ3) is 3.12. The van der Waals surface area contributed by atoms with Gasteiger partial charge in [-0.05, 0) is 57.0 Å². The molecule has 2 aromatic carbocycles. The Labute approximate surface area is 175 Å². The largest absolute Gasteiger partial charge is 0.507 e. The van der Waals surface area contributed by atoms with E-state index in [1.54, 1.807) is 31.2 Å². The van der Waals surface area contributed by atoms with Crippen molar-refractivity contribution in [3.63, 3.8) is 0 Å². The van der Waals surface area contributed by atoms with E-state index in [0.29, 0.717) is 22.8 Å². The van der Waals surface area contributed by atoms with Crippen LogP contribution in [0.1, 0.15) is 39.8 Å². The number of benzene rings is 2. The Morgan fingerprint density at radius 3 is 2.27 bits per heavy atom. The molecule has 1 fully saturated rings. The van der Waals surface area contributed by atoms with Gasteiger partial charge in [-0.15, -0.1) is 0 Å². The van der Waals surface area contributed by atoms with Crippen molar-refractivity contribution in [3.05, 3.63) is 93.9 Å². The minimum atomic E-state index is -0.847. The van der Waals surface area contributed by atoms with Crippen molar-refractivity contribution < 1.29 is 19.1 Å². The molecule has 0 spiro atoms. The number of anilines is 1. The van der Waals surface area contributed by atoms with Gasteiger partial charge in [-0.3, -0.25) is 14.5 Å². The lowest BCUT2D eigenvalue weighted by atomic mass is 9.98. The number of furan rings is 1. The van der Waals surface area contributed by atoms with Gasteiger partial charge in [-0.25, -0.2) is 0 Å². The fraction of sp³-hybridized carbons (Fsp3) is 0.200. The van der Waals surface area contributed by atoms with Gasteiger partial charge in [-0.2, -0.15) is 0 Å². The Morgan fingerprint density at radius 1 is 0.933 bits per heavy atom. The molecule has 1 aromatic heterocycles. The van der Waals surface area contributed by atoms with Gasteiger partial charge in [0.15, 0.2) is 0 Å². The summed E-state index contributed by atoms with van der Waals surface area (Å²) < 4.78 is 5.83. The van der Waals surface area contributed by atoms with Gasteiger partial charge in [0.2, 0.25) is 0 Å². The number of aryl methyl sites for hydroxylation is 3. The zero-order valence-electron chi connectivity index (χ0n) is 17.4. The van der Waals surface area contributed by atoms with Crippen molar-refractivity contribution in [2.24, 2.45) is 0 Å². The summed E-state index contributed by atoms with van der Waals surface area (Å²) in [7, 11) is 0. The summed E-state index contributed by atoms with van der Waals surface area (Å²) in [6.07, 6.45) is 0. The van der Waals surface area contributed by atoms with E-state index in [2.05, 4.69) is 0 Å². The molecule has 30 heavy (non-hydrogen) atoms. The highest BCUT2D eigenvalue weighted by Crippen LogP contribution is 2.43. The monoisotopic (exact) mass is 401 g/mol. The minimum absolute atomic E-state index is 0.0270. The molecule has 1 N–H and O–H groups in total. The maximum absolute atomic E-state index is 13.1. The third-order valence-electron chi connectivity index (χ3n) is 5.64. The molecule has 2 heterocycles. The smallest absolute Gasteiger partial charge is 0.300 e. The van der Waals surface area contributed by atoms with Crippen LogP contribution < -0.4 is 4.90 Å². The molecule has 0 bridgehead atoms. The molecule has 0 saturated carbocycles. The van der Waals surface area contributed by atoms with Crippen LogP contribution in [0.25, 0.3) is 5.76 Å². The van der Waals surface area contributed by atoms with Gasteiger partial charge in [0.05, 0.1) is 5.57 Å². The van der Waals surface area contributed by atoms with Crippen LogP contribution in [0, 0.1) is 27.7 Å². The second-order valence-electron chi connectivity index (χ2n) is 7.70. The van der Waals surface area contributed by atoms with Gasteiger partial charge >= 0.3 is 0 Å². The summed E-state index contributed by atoms with van der Waals surface area (Å²) >= 11 is 0. The molecule has 3 aromatic rings. The van der Waals surface area contributed by atoms with Crippen molar-refractivity contribution in [1.82, 2.24) is 0 Å². The Kier molecular flexibility index (Phi) is 4.82. The molecule has 0 aliphatic carbocycles. The molecular weight excluding hydrogens is 378 g/mol. The molecule has 1 aliphatic heterocycles. The van der Waals surface area contributed by atoms with E-state index in [-0.39, 0.29) is 11.3 Å². The van der Waals surface area contributed by atoms with Crippen LogP contribution in [0.3, 0.4) is 0 Å². The van der Waals surface area contributed by atoms with E-state index in [9.17, 15) is 14.7 Å². The lowest BCUT2D eigenvalue weighted by Gasteiger charge is -2.25. The van der Waals surface area contributed by atoms with Crippen LogP contribution in [0.4, 0.5) is 5.69 Å². The number of Topliss-reactive ketones (excluding diaryl/α,β-unsaturated/α-hetero) is 1. The first-order valence-electron chi connectivity index (χ1n) is 9.80. The van der Waals surface area contributed by atoms with Crippen LogP contribution in [-0.4, -0.2) is 16.8 Å². The molecule has 152 valence electrons. The number of hydrogen-bond donors (Lipinski definition) is 1. The number of carbonyl (C=O) groups excluding carboxylic acids is 2. The van der Waals surface area contributed by atoms with E-state index in [1.165, 1.54) is 4.90 Å². The first-order chi connectivity index (χ1) is 14.3. The van der Waals surface area contributed by atoms with Crippen molar-refractivity contribution >= 4 is 23.1 Å². The van der Waals surface area contributed by atoms with E-state index >= 15 is 0 Å². The molecule has 0 radical (unpaired) electrons. The van der Waals surface area contributed by atoms with Gasteiger partial charge in [0.25, 0.3) is 11.7 Å². The zero-order chi connectivity index (χ0) is 21.6. The van der Waals surface area contributed by atoms with Gasteiger partial charge in [0, 0.05) is 11.3 Å². The topological polar surface area (TPSA) is 70.8 Å². The molecule has 5 heteroatoms. The predicted octanol–water partition coefficient (Wildman–Crippen LogP) is 5.14. The van der Waals surface area contributed by atoms with Crippen LogP contribution in [0.2, 0.25) is 0 Å². The molecular formula is C25H23NO4. The minimum Gasteiger partial charge on any atom is -0.507 e. The maximum Gasteiger partial charge on any atom is 0.300 e. The van der Waals surface area contributed by atoms with E-state index in [1.807, 2.05) is 51.1 Å². The summed E-state index contributed by atoms with van der Waals surface area (Å²) in [6, 6.07) is 15.5. The predicted molar refractivity (Wildman–Crippen MR) is 115 cm³/mol. The highest BCUT2D eigenvalue weighted by Gasteiger charge is 2.48. The second-order valence-corrected chi connectivity index (χ2v) is 7.70. The maximum atomic E-state index is 13.1. The van der Waals surface area contributed by atoms with Crippen molar-refractivity contribution in [1.29, 1.82) is 0 Å². The van der Waals surface area contributed by atoms with Crippen LogP contribution in [-0.2, 0) is 9.59 Å². The lowest BCUT2D eigenvalue weighted by molar-refractivity contribution is -0.132. The van der Waals surface area contributed by atoms with Crippen molar-refractivity contribution in [2.45, 2.75) is 33.7 Å². The molecule has 1 saturated heterocycles. The van der Waals surface area contributed by atoms with Crippen molar-refractivity contribution in [2.75, 3.05) is 4.90 Å². The second kappa shape index (κ2) is 7.34. The highest BCUT2D eigenvalue weighted by molar-refractivity contribution is 6.51. The number of amides is 1. The average Bonchev–Trinajstić information content (AvgIpc) is 3.26. The fourth-order valence-corrected chi connectivity index (χ4v) is 3.81. The Hall–Kier alpha value is -3.60. The normalized spacial score (nSPS) is 18.3. The molecule has 1 unspecified atom stereocenters. The van der Waals surface area contributed by atoms with Gasteiger partial charge in [-0.1, -0.05) is 42.0 Å². The Balaban J connectivity index is 1.97. The number of nitrogens with zero attached hydrogens (tertiary/aromatic N) is 1. The quantitative estimate of drug-likeness (QED) is 0.375. The number of hydrogen-bond acceptors (Lipinski definition) is 4. The molecule has 5 nitrogen and oxygen atoms in total.